The largest absolute Gasteiger partial charge is 0.391 e. The molecule has 38 heavy (non-hydrogen) atoms. The number of carbonyl (C=O) groups is 5. The van der Waals surface area contributed by atoms with Crippen molar-refractivity contribution in [2.75, 3.05) is 0 Å². The molecule has 212 valence electrons. The summed E-state index contributed by atoms with van der Waals surface area (Å²) in [6, 6.07) is -3.92. The molecular weight excluding hydrogens is 492 g/mol. The lowest BCUT2D eigenvalue weighted by Gasteiger charge is -2.30. The monoisotopic (exact) mass is 535 g/mol. The van der Waals surface area contributed by atoms with Crippen LogP contribution in [0.3, 0.4) is 0 Å². The van der Waals surface area contributed by atoms with Crippen molar-refractivity contribution in [2.24, 2.45) is 16.8 Å². The number of rotatable bonds is 14. The molecule has 0 aromatic rings. The molecule has 5 atom stereocenters. The van der Waals surface area contributed by atoms with E-state index in [4.69, 9.17) is 0 Å². The Balaban J connectivity index is 2.15. The molecule has 2 rings (SSSR count). The first-order valence-corrected chi connectivity index (χ1v) is 13.4. The van der Waals surface area contributed by atoms with E-state index in [0.29, 0.717) is 12.7 Å². The van der Waals surface area contributed by atoms with Crippen molar-refractivity contribution in [2.45, 2.75) is 103 Å². The van der Waals surface area contributed by atoms with Gasteiger partial charge in [0.2, 0.25) is 23.6 Å². The first kappa shape index (κ1) is 31.1. The topological polar surface area (TPSA) is 183 Å². The van der Waals surface area contributed by atoms with Crippen LogP contribution in [0.5, 0.6) is 0 Å². The normalized spacial score (nSPS) is 19.5. The third-order valence-electron chi connectivity index (χ3n) is 6.86. The summed E-state index contributed by atoms with van der Waals surface area (Å²) >= 11 is 0. The third kappa shape index (κ3) is 9.97. The van der Waals surface area contributed by atoms with Crippen LogP contribution in [0.2, 0.25) is 0 Å². The number of nitrogens with one attached hydrogen (secondary N) is 4. The fourth-order valence-electron chi connectivity index (χ4n) is 4.76. The highest BCUT2D eigenvalue weighted by molar-refractivity contribution is 5.94. The summed E-state index contributed by atoms with van der Waals surface area (Å²) in [5.41, 5.74) is 0.810. The van der Waals surface area contributed by atoms with Gasteiger partial charge in [-0.2, -0.15) is 0 Å². The van der Waals surface area contributed by atoms with Crippen molar-refractivity contribution >= 4 is 36.3 Å². The van der Waals surface area contributed by atoms with Crippen LogP contribution in [-0.2, 0) is 24.0 Å². The zero-order valence-electron chi connectivity index (χ0n) is 22.7. The Hall–Kier alpha value is -3.12. The molecular formula is C26H43N6O6+. The summed E-state index contributed by atoms with van der Waals surface area (Å²) in [6.07, 6.45) is 8.58. The Bertz CT molecular complexity index is 912. The average molecular weight is 536 g/mol. The van der Waals surface area contributed by atoms with Crippen molar-refractivity contribution in [1.82, 2.24) is 21.3 Å². The van der Waals surface area contributed by atoms with Crippen LogP contribution in [0, 0.1) is 11.8 Å². The van der Waals surface area contributed by atoms with Gasteiger partial charge in [0, 0.05) is 6.92 Å². The lowest BCUT2D eigenvalue weighted by atomic mass is 9.84. The van der Waals surface area contributed by atoms with E-state index >= 15 is 0 Å². The van der Waals surface area contributed by atoms with Gasteiger partial charge in [0.25, 0.3) is 0 Å². The zero-order chi connectivity index (χ0) is 28.2. The van der Waals surface area contributed by atoms with Gasteiger partial charge in [0.15, 0.2) is 6.34 Å². The minimum atomic E-state index is -1.23. The van der Waals surface area contributed by atoms with Gasteiger partial charge in [-0.15, -0.1) is 0 Å². The van der Waals surface area contributed by atoms with Crippen molar-refractivity contribution < 1.29 is 34.4 Å². The van der Waals surface area contributed by atoms with Crippen LogP contribution in [-0.4, -0.2) is 71.6 Å². The second kappa shape index (κ2) is 15.3. The fraction of sp³-hybridized carbons (Fsp3) is 0.692. The average Bonchev–Trinajstić information content (AvgIpc) is 3.38. The minimum absolute atomic E-state index is 0.250. The number of aliphatic hydroxyl groups excluding tert-OH is 1. The molecule has 4 amide bonds. The highest BCUT2D eigenvalue weighted by Crippen LogP contribution is 2.27. The Morgan fingerprint density at radius 3 is 2.18 bits per heavy atom. The maximum atomic E-state index is 13.4. The lowest BCUT2D eigenvalue weighted by Crippen LogP contribution is -2.79. The number of aldehydes is 1. The number of quaternary nitrogens is 1. The van der Waals surface area contributed by atoms with Crippen LogP contribution < -0.4 is 26.6 Å². The zero-order valence-corrected chi connectivity index (χ0v) is 22.7. The molecule has 0 saturated heterocycles. The van der Waals surface area contributed by atoms with Gasteiger partial charge in [-0.25, -0.2) is 4.99 Å². The summed E-state index contributed by atoms with van der Waals surface area (Å²) in [6.45, 7) is 6.08. The molecule has 0 aromatic heterocycles. The predicted molar refractivity (Wildman–Crippen MR) is 140 cm³/mol. The van der Waals surface area contributed by atoms with Gasteiger partial charge in [-0.1, -0.05) is 46.0 Å². The first-order valence-electron chi connectivity index (χ1n) is 13.4. The van der Waals surface area contributed by atoms with Gasteiger partial charge in [0.1, 0.15) is 30.1 Å². The third-order valence-corrected chi connectivity index (χ3v) is 6.86. The molecule has 12 heteroatoms. The number of aliphatic imine (C=N–C) groups is 1. The number of nitrogens with zero attached hydrogens (tertiary/aromatic N) is 1. The standard InChI is InChI=1S/C26H42N6O6/c1-15(2)22(32-26(38)23(16(3)34)29-17(4)35)25(37)31-21(10-18-8-6-5-7-9-18)24(36)30-20(13-33)11-19-12-27-14-28-19/h12-16,18,20-23,34H,5-11H2,1-4H3,(H,27,28)(H,29,35)(H,30,36)(H,31,37)(H,32,38)/p+1/t16-,20+,21+,22+,23+/m1/s1. The van der Waals surface area contributed by atoms with Crippen molar-refractivity contribution in [3.63, 3.8) is 0 Å². The Morgan fingerprint density at radius 2 is 1.66 bits per heavy atom. The first-order chi connectivity index (χ1) is 18.0. The molecule has 0 aromatic carbocycles. The molecule has 0 bridgehead atoms. The second-order valence-corrected chi connectivity index (χ2v) is 10.6. The van der Waals surface area contributed by atoms with Crippen molar-refractivity contribution in [3.8, 4) is 0 Å². The highest BCUT2D eigenvalue weighted by Gasteiger charge is 2.34. The van der Waals surface area contributed by atoms with E-state index in [0.717, 1.165) is 37.8 Å². The molecule has 1 saturated carbocycles. The molecule has 0 radical (unpaired) electrons. The van der Waals surface area contributed by atoms with E-state index in [9.17, 15) is 29.1 Å². The lowest BCUT2D eigenvalue weighted by molar-refractivity contribution is -0.472. The van der Waals surface area contributed by atoms with Crippen molar-refractivity contribution in [3.05, 3.63) is 11.9 Å². The summed E-state index contributed by atoms with van der Waals surface area (Å²) in [5, 5.41) is 22.3. The fourth-order valence-corrected chi connectivity index (χ4v) is 4.76. The molecule has 0 spiro atoms. The summed E-state index contributed by atoms with van der Waals surface area (Å²) in [5.74, 6) is -2.32. The number of aliphatic hydroxyl groups is 1. The summed E-state index contributed by atoms with van der Waals surface area (Å²) < 4.78 is 0. The Labute approximate surface area is 223 Å². The SMILES string of the molecule is CC(=O)N[C@H](C(=O)N[C@H](C(=O)N[C@@H](CC1CCCCC1)C(=O)N[C@H](C=O)CC1=CN=C[NH2+]1)C(C)C)[C@@H](C)O. The van der Waals surface area contributed by atoms with Gasteiger partial charge in [-0.05, 0) is 25.2 Å². The highest BCUT2D eigenvalue weighted by atomic mass is 16.3. The summed E-state index contributed by atoms with van der Waals surface area (Å²) in [4.78, 5) is 66.7. The smallest absolute Gasteiger partial charge is 0.245 e. The van der Waals surface area contributed by atoms with Crippen molar-refractivity contribution in [1.29, 1.82) is 0 Å². The Morgan fingerprint density at radius 1 is 1.00 bits per heavy atom. The van der Waals surface area contributed by atoms with Crippen LogP contribution in [0.1, 0.15) is 72.6 Å². The van der Waals surface area contributed by atoms with E-state index in [1.165, 1.54) is 13.8 Å². The molecule has 1 aliphatic heterocycles. The molecule has 7 N–H and O–H groups in total. The molecule has 1 fully saturated rings. The molecule has 1 aliphatic carbocycles. The van der Waals surface area contributed by atoms with E-state index in [-0.39, 0.29) is 18.3 Å². The number of hydrogen-bond donors (Lipinski definition) is 6. The maximum absolute atomic E-state index is 13.4. The van der Waals surface area contributed by atoms with E-state index in [2.05, 4.69) is 26.3 Å². The minimum Gasteiger partial charge on any atom is -0.391 e. The maximum Gasteiger partial charge on any atom is 0.245 e. The number of nitrogens with two attached hydrogens (primary N) is 1. The van der Waals surface area contributed by atoms with Crippen LogP contribution in [0.25, 0.3) is 0 Å². The van der Waals surface area contributed by atoms with Gasteiger partial charge < -0.3 is 31.2 Å². The quantitative estimate of drug-likeness (QED) is 0.155. The van der Waals surface area contributed by atoms with E-state index in [1.807, 2.05) is 0 Å². The number of carbonyl (C=O) groups excluding carboxylic acids is 5. The predicted octanol–water partition coefficient (Wildman–Crippen LogP) is -1.01. The van der Waals surface area contributed by atoms with Gasteiger partial charge in [-0.3, -0.25) is 24.5 Å². The van der Waals surface area contributed by atoms with Crippen LogP contribution in [0.15, 0.2) is 16.9 Å². The molecule has 2 aliphatic rings. The Kier molecular flexibility index (Phi) is 12.5. The number of hydrogen-bond acceptors (Lipinski definition) is 7. The molecule has 0 unspecified atom stereocenters. The van der Waals surface area contributed by atoms with E-state index in [1.54, 1.807) is 31.7 Å². The van der Waals surface area contributed by atoms with Crippen LogP contribution in [0.4, 0.5) is 0 Å². The molecule has 1 heterocycles. The van der Waals surface area contributed by atoms with E-state index < -0.39 is 53.9 Å². The molecule has 12 nitrogen and oxygen atoms in total. The summed E-state index contributed by atoms with van der Waals surface area (Å²) in [7, 11) is 0. The second-order valence-electron chi connectivity index (χ2n) is 10.6. The van der Waals surface area contributed by atoms with Gasteiger partial charge in [0.05, 0.1) is 24.8 Å². The van der Waals surface area contributed by atoms with Crippen LogP contribution >= 0.6 is 0 Å². The number of amides is 4. The van der Waals surface area contributed by atoms with Gasteiger partial charge >= 0.3 is 0 Å².